The van der Waals surface area contributed by atoms with Gasteiger partial charge in [0.2, 0.25) is 0 Å². The van der Waals surface area contributed by atoms with Gasteiger partial charge in [-0.3, -0.25) is 9.59 Å². The number of hydrogen-bond donors (Lipinski definition) is 1. The van der Waals surface area contributed by atoms with Gasteiger partial charge in [-0.1, -0.05) is 33.8 Å². The highest BCUT2D eigenvalue weighted by atomic mass is 16.5. The van der Waals surface area contributed by atoms with Gasteiger partial charge in [-0.25, -0.2) is 0 Å². The zero-order valence-corrected chi connectivity index (χ0v) is 16.7. The lowest BCUT2D eigenvalue weighted by Crippen LogP contribution is -2.33. The van der Waals surface area contributed by atoms with Crippen LogP contribution in [0.25, 0.3) is 0 Å². The van der Waals surface area contributed by atoms with E-state index in [0.717, 1.165) is 18.5 Å². The van der Waals surface area contributed by atoms with Gasteiger partial charge in [-0.15, -0.1) is 0 Å². The van der Waals surface area contributed by atoms with Crippen molar-refractivity contribution >= 4 is 17.6 Å². The zero-order chi connectivity index (χ0) is 19.8. The second-order valence-corrected chi connectivity index (χ2v) is 8.60. The highest BCUT2D eigenvalue weighted by Crippen LogP contribution is 2.46. The standard InChI is InChI=1S/C23H27NO3/c1-15(25)27-18-9-6-16(7-10-18)21(26)24-17-8-11-19-20(14-17)23(4,5)13-12-22(19,2)3/h6-11,14H,12-13H2,1-5H3,(H,24,26). The van der Waals surface area contributed by atoms with Gasteiger partial charge in [0.1, 0.15) is 5.75 Å². The Morgan fingerprint density at radius 1 is 0.889 bits per heavy atom. The molecule has 0 saturated heterocycles. The first kappa shape index (κ1) is 19.2. The van der Waals surface area contributed by atoms with Gasteiger partial charge in [0, 0.05) is 18.2 Å². The van der Waals surface area contributed by atoms with E-state index in [0.29, 0.717) is 11.3 Å². The van der Waals surface area contributed by atoms with E-state index in [-0.39, 0.29) is 22.7 Å². The smallest absolute Gasteiger partial charge is 0.308 e. The third-order valence-corrected chi connectivity index (χ3v) is 5.49. The lowest BCUT2D eigenvalue weighted by Gasteiger charge is -2.42. The number of ether oxygens (including phenoxy) is 1. The molecular formula is C23H27NO3. The van der Waals surface area contributed by atoms with Gasteiger partial charge in [0.15, 0.2) is 0 Å². The summed E-state index contributed by atoms with van der Waals surface area (Å²) in [5.41, 5.74) is 4.23. The van der Waals surface area contributed by atoms with Crippen molar-refractivity contribution in [2.75, 3.05) is 5.32 Å². The van der Waals surface area contributed by atoms with Crippen molar-refractivity contribution in [1.29, 1.82) is 0 Å². The minimum absolute atomic E-state index is 0.0945. The van der Waals surface area contributed by atoms with Crippen LogP contribution >= 0.6 is 0 Å². The summed E-state index contributed by atoms with van der Waals surface area (Å²) in [6, 6.07) is 12.8. The third kappa shape index (κ3) is 4.05. The van der Waals surface area contributed by atoms with E-state index in [1.165, 1.54) is 18.1 Å². The van der Waals surface area contributed by atoms with Crippen molar-refractivity contribution in [2.45, 2.75) is 58.3 Å². The molecule has 0 aliphatic heterocycles. The Bertz CT molecular complexity index is 879. The van der Waals surface area contributed by atoms with E-state index >= 15 is 0 Å². The highest BCUT2D eigenvalue weighted by molar-refractivity contribution is 6.04. The van der Waals surface area contributed by atoms with Crippen LogP contribution in [0.15, 0.2) is 42.5 Å². The first-order valence-corrected chi connectivity index (χ1v) is 9.33. The average molecular weight is 365 g/mol. The molecule has 0 bridgehead atoms. The summed E-state index contributed by atoms with van der Waals surface area (Å²) >= 11 is 0. The number of fused-ring (bicyclic) bond motifs is 1. The first-order valence-electron chi connectivity index (χ1n) is 9.33. The molecule has 0 atom stereocenters. The van der Waals surface area contributed by atoms with E-state index in [1.807, 2.05) is 6.07 Å². The molecule has 2 aromatic rings. The fourth-order valence-electron chi connectivity index (χ4n) is 3.71. The van der Waals surface area contributed by atoms with Crippen molar-refractivity contribution in [3.63, 3.8) is 0 Å². The van der Waals surface area contributed by atoms with Crippen LogP contribution in [0.4, 0.5) is 5.69 Å². The van der Waals surface area contributed by atoms with E-state index in [2.05, 4.69) is 45.1 Å². The Kier molecular flexibility index (Phi) is 4.85. The number of hydrogen-bond acceptors (Lipinski definition) is 3. The minimum Gasteiger partial charge on any atom is -0.427 e. The lowest BCUT2D eigenvalue weighted by atomic mass is 9.63. The topological polar surface area (TPSA) is 55.4 Å². The normalized spacial score (nSPS) is 16.9. The number of esters is 1. The molecule has 0 saturated carbocycles. The lowest BCUT2D eigenvalue weighted by molar-refractivity contribution is -0.131. The van der Waals surface area contributed by atoms with Gasteiger partial charge in [0.05, 0.1) is 0 Å². The Labute approximate surface area is 160 Å². The fourth-order valence-corrected chi connectivity index (χ4v) is 3.71. The molecule has 0 heterocycles. The number of amides is 1. The Balaban J connectivity index is 1.82. The van der Waals surface area contributed by atoms with Crippen LogP contribution in [0.2, 0.25) is 0 Å². The van der Waals surface area contributed by atoms with Crippen molar-refractivity contribution in [3.05, 3.63) is 59.2 Å². The predicted molar refractivity (Wildman–Crippen MR) is 107 cm³/mol. The molecule has 4 heteroatoms. The summed E-state index contributed by atoms with van der Waals surface area (Å²) in [6.07, 6.45) is 2.29. The number of carbonyl (C=O) groups excluding carboxylic acids is 2. The van der Waals surface area contributed by atoms with Crippen molar-refractivity contribution in [2.24, 2.45) is 0 Å². The Morgan fingerprint density at radius 3 is 2.07 bits per heavy atom. The van der Waals surface area contributed by atoms with Crippen molar-refractivity contribution < 1.29 is 14.3 Å². The second-order valence-electron chi connectivity index (χ2n) is 8.60. The first-order chi connectivity index (χ1) is 12.6. The Hall–Kier alpha value is -2.62. The SMILES string of the molecule is CC(=O)Oc1ccc(C(=O)Nc2ccc3c(c2)C(C)(C)CCC3(C)C)cc1. The van der Waals surface area contributed by atoms with Crippen LogP contribution in [0.5, 0.6) is 5.75 Å². The van der Waals surface area contributed by atoms with E-state index in [9.17, 15) is 9.59 Å². The quantitative estimate of drug-likeness (QED) is 0.600. The molecule has 0 radical (unpaired) electrons. The van der Waals surface area contributed by atoms with Gasteiger partial charge in [0.25, 0.3) is 5.91 Å². The molecule has 0 aromatic heterocycles. The monoisotopic (exact) mass is 365 g/mol. The number of rotatable bonds is 3. The van der Waals surface area contributed by atoms with Gasteiger partial charge in [-0.05, 0) is 71.2 Å². The minimum atomic E-state index is -0.383. The maximum absolute atomic E-state index is 12.6. The summed E-state index contributed by atoms with van der Waals surface area (Å²) in [5.74, 6) is -0.138. The number of anilines is 1. The van der Waals surface area contributed by atoms with Crippen LogP contribution in [0.3, 0.4) is 0 Å². The summed E-state index contributed by atoms with van der Waals surface area (Å²) in [7, 11) is 0. The van der Waals surface area contributed by atoms with Crippen LogP contribution < -0.4 is 10.1 Å². The van der Waals surface area contributed by atoms with Crippen LogP contribution in [0.1, 0.15) is 68.9 Å². The highest BCUT2D eigenvalue weighted by Gasteiger charge is 2.37. The summed E-state index contributed by atoms with van der Waals surface area (Å²) in [5, 5.41) is 2.99. The molecule has 4 nitrogen and oxygen atoms in total. The zero-order valence-electron chi connectivity index (χ0n) is 16.7. The molecule has 3 rings (SSSR count). The molecule has 1 amide bonds. The van der Waals surface area contributed by atoms with Crippen molar-refractivity contribution in [3.8, 4) is 5.75 Å². The largest absolute Gasteiger partial charge is 0.427 e. The molecular weight excluding hydrogens is 338 g/mol. The number of benzene rings is 2. The van der Waals surface area contributed by atoms with Crippen molar-refractivity contribution in [1.82, 2.24) is 0 Å². The van der Waals surface area contributed by atoms with Gasteiger partial charge in [-0.2, -0.15) is 0 Å². The summed E-state index contributed by atoms with van der Waals surface area (Å²) in [4.78, 5) is 23.6. The van der Waals surface area contributed by atoms with E-state index in [1.54, 1.807) is 24.3 Å². The molecule has 1 N–H and O–H groups in total. The molecule has 1 aliphatic carbocycles. The molecule has 142 valence electrons. The second kappa shape index (κ2) is 6.84. The summed E-state index contributed by atoms with van der Waals surface area (Å²) < 4.78 is 5.00. The molecule has 27 heavy (non-hydrogen) atoms. The van der Waals surface area contributed by atoms with E-state index in [4.69, 9.17) is 4.74 Å². The predicted octanol–water partition coefficient (Wildman–Crippen LogP) is 5.21. The van der Waals surface area contributed by atoms with Crippen LogP contribution in [-0.4, -0.2) is 11.9 Å². The molecule has 0 fully saturated rings. The van der Waals surface area contributed by atoms with Crippen LogP contribution in [-0.2, 0) is 15.6 Å². The van der Waals surface area contributed by atoms with E-state index < -0.39 is 0 Å². The molecule has 0 unspecified atom stereocenters. The molecule has 0 spiro atoms. The third-order valence-electron chi connectivity index (χ3n) is 5.49. The maximum Gasteiger partial charge on any atom is 0.308 e. The fraction of sp³-hybridized carbons (Fsp3) is 0.391. The Morgan fingerprint density at radius 2 is 1.48 bits per heavy atom. The number of nitrogens with one attached hydrogen (secondary N) is 1. The summed E-state index contributed by atoms with van der Waals surface area (Å²) in [6.45, 7) is 10.4. The maximum atomic E-state index is 12.6. The van der Waals surface area contributed by atoms with Gasteiger partial charge >= 0.3 is 5.97 Å². The number of carbonyl (C=O) groups is 2. The van der Waals surface area contributed by atoms with Gasteiger partial charge < -0.3 is 10.1 Å². The molecule has 1 aliphatic rings. The average Bonchev–Trinajstić information content (AvgIpc) is 2.59. The molecule has 2 aromatic carbocycles. The van der Waals surface area contributed by atoms with Crippen LogP contribution in [0, 0.1) is 0 Å².